The molecular formula is C20H24N4O4S. The Morgan fingerprint density at radius 3 is 2.14 bits per heavy atom. The lowest BCUT2D eigenvalue weighted by atomic mass is 10.1. The number of likely N-dealkylation sites (tertiary alicyclic amines) is 1. The minimum atomic E-state index is -3.55. The second kappa shape index (κ2) is 9.64. The molecule has 29 heavy (non-hydrogen) atoms. The summed E-state index contributed by atoms with van der Waals surface area (Å²) in [6, 6.07) is 16.4. The summed E-state index contributed by atoms with van der Waals surface area (Å²) in [5.41, 5.74) is 0.601. The van der Waals surface area contributed by atoms with E-state index in [1.165, 1.54) is 0 Å². The summed E-state index contributed by atoms with van der Waals surface area (Å²) in [5, 5.41) is 4.90. The van der Waals surface area contributed by atoms with Gasteiger partial charge in [-0.15, -0.1) is 0 Å². The van der Waals surface area contributed by atoms with Crippen molar-refractivity contribution in [3.63, 3.8) is 0 Å². The average molecular weight is 417 g/mol. The molecule has 0 aromatic heterocycles. The largest absolute Gasteiger partial charge is 0.325 e. The summed E-state index contributed by atoms with van der Waals surface area (Å²) in [6.07, 6.45) is 1.19. The van der Waals surface area contributed by atoms with Crippen LogP contribution in [-0.4, -0.2) is 50.9 Å². The number of hydrogen-bond donors (Lipinski definition) is 3. The Bertz CT molecular complexity index is 927. The van der Waals surface area contributed by atoms with Gasteiger partial charge < -0.3 is 5.32 Å². The van der Waals surface area contributed by atoms with E-state index in [1.807, 2.05) is 11.0 Å². The Labute approximate surface area is 170 Å². The second-order valence-corrected chi connectivity index (χ2v) is 8.57. The van der Waals surface area contributed by atoms with Crippen molar-refractivity contribution in [2.75, 3.05) is 25.0 Å². The van der Waals surface area contributed by atoms with Crippen molar-refractivity contribution in [1.82, 2.24) is 14.9 Å². The molecule has 3 N–H and O–H groups in total. The monoisotopic (exact) mass is 416 g/mol. The van der Waals surface area contributed by atoms with Crippen molar-refractivity contribution in [2.45, 2.75) is 23.8 Å². The molecule has 1 aliphatic heterocycles. The fourth-order valence-corrected chi connectivity index (χ4v) is 4.48. The molecule has 9 heteroatoms. The van der Waals surface area contributed by atoms with Gasteiger partial charge in [-0.3, -0.25) is 15.0 Å². The van der Waals surface area contributed by atoms with Crippen molar-refractivity contribution in [2.24, 2.45) is 0 Å². The normalized spacial score (nSPS) is 15.6. The van der Waals surface area contributed by atoms with E-state index >= 15 is 0 Å². The third-order valence-electron chi connectivity index (χ3n) is 4.61. The smallest absolute Gasteiger partial charge is 0.308 e. The SMILES string of the molecule is O=C(CN1CCC(NS(=O)(=O)c2ccccc2)CC1)NC(=O)Nc1ccccc1. The van der Waals surface area contributed by atoms with Crippen LogP contribution in [0.2, 0.25) is 0 Å². The second-order valence-electron chi connectivity index (χ2n) is 6.85. The fourth-order valence-electron chi connectivity index (χ4n) is 3.15. The topological polar surface area (TPSA) is 108 Å². The van der Waals surface area contributed by atoms with Crippen molar-refractivity contribution < 1.29 is 18.0 Å². The quantitative estimate of drug-likeness (QED) is 0.665. The number of anilines is 1. The van der Waals surface area contributed by atoms with Crippen LogP contribution in [0.25, 0.3) is 0 Å². The van der Waals surface area contributed by atoms with Crippen LogP contribution in [0.15, 0.2) is 65.6 Å². The Balaban J connectivity index is 1.41. The first-order chi connectivity index (χ1) is 13.9. The Morgan fingerprint density at radius 1 is 0.931 bits per heavy atom. The van der Waals surface area contributed by atoms with Gasteiger partial charge in [0.25, 0.3) is 0 Å². The van der Waals surface area contributed by atoms with E-state index < -0.39 is 22.0 Å². The van der Waals surface area contributed by atoms with Gasteiger partial charge in [0.1, 0.15) is 0 Å². The lowest BCUT2D eigenvalue weighted by Gasteiger charge is -2.31. The molecule has 1 heterocycles. The number of imide groups is 1. The van der Waals surface area contributed by atoms with Gasteiger partial charge in [0.2, 0.25) is 15.9 Å². The zero-order valence-corrected chi connectivity index (χ0v) is 16.7. The van der Waals surface area contributed by atoms with Crippen LogP contribution in [0.5, 0.6) is 0 Å². The molecule has 3 amide bonds. The predicted octanol–water partition coefficient (Wildman–Crippen LogP) is 1.78. The highest BCUT2D eigenvalue weighted by Crippen LogP contribution is 2.14. The summed E-state index contributed by atoms with van der Waals surface area (Å²) >= 11 is 0. The number of sulfonamides is 1. The van der Waals surface area contributed by atoms with Gasteiger partial charge in [-0.2, -0.15) is 0 Å². The predicted molar refractivity (Wildman–Crippen MR) is 110 cm³/mol. The fraction of sp³-hybridized carbons (Fsp3) is 0.300. The van der Waals surface area contributed by atoms with E-state index in [2.05, 4.69) is 15.4 Å². The van der Waals surface area contributed by atoms with Gasteiger partial charge in [0.15, 0.2) is 0 Å². The standard InChI is InChI=1S/C20H24N4O4S/c25-19(22-20(26)21-16-7-3-1-4-8-16)15-24-13-11-17(12-14-24)23-29(27,28)18-9-5-2-6-10-18/h1-10,17,23H,11-15H2,(H2,21,22,25,26). The molecule has 2 aromatic carbocycles. The molecule has 1 saturated heterocycles. The zero-order chi connectivity index (χ0) is 20.7. The molecule has 0 spiro atoms. The molecule has 0 aliphatic carbocycles. The molecule has 0 unspecified atom stereocenters. The maximum atomic E-state index is 12.4. The first-order valence-corrected chi connectivity index (χ1v) is 10.9. The van der Waals surface area contributed by atoms with Crippen LogP contribution in [0.3, 0.4) is 0 Å². The number of nitrogens with one attached hydrogen (secondary N) is 3. The summed E-state index contributed by atoms with van der Waals surface area (Å²) in [4.78, 5) is 26.1. The van der Waals surface area contributed by atoms with Gasteiger partial charge in [0.05, 0.1) is 11.4 Å². The molecule has 0 atom stereocenters. The Kier molecular flexibility index (Phi) is 6.97. The van der Waals surface area contributed by atoms with Crippen LogP contribution in [0, 0.1) is 0 Å². The van der Waals surface area contributed by atoms with Gasteiger partial charge in [0, 0.05) is 24.8 Å². The molecule has 0 radical (unpaired) electrons. The average Bonchev–Trinajstić information content (AvgIpc) is 2.70. The highest BCUT2D eigenvalue weighted by atomic mass is 32.2. The van der Waals surface area contributed by atoms with Gasteiger partial charge >= 0.3 is 6.03 Å². The first-order valence-electron chi connectivity index (χ1n) is 9.38. The number of urea groups is 1. The van der Waals surface area contributed by atoms with Crippen molar-refractivity contribution >= 4 is 27.6 Å². The number of rotatable bonds is 6. The third-order valence-corrected chi connectivity index (χ3v) is 6.15. The van der Waals surface area contributed by atoms with Crippen LogP contribution < -0.4 is 15.4 Å². The van der Waals surface area contributed by atoms with E-state index in [1.54, 1.807) is 54.6 Å². The lowest BCUT2D eigenvalue weighted by molar-refractivity contribution is -0.121. The summed E-state index contributed by atoms with van der Waals surface area (Å²) in [6.45, 7) is 1.21. The zero-order valence-electron chi connectivity index (χ0n) is 15.9. The molecule has 8 nitrogen and oxygen atoms in total. The van der Waals surface area contributed by atoms with Gasteiger partial charge in [-0.05, 0) is 37.1 Å². The Hall–Kier alpha value is -2.75. The maximum absolute atomic E-state index is 12.4. The van der Waals surface area contributed by atoms with Crippen molar-refractivity contribution in [3.8, 4) is 0 Å². The molecule has 1 fully saturated rings. The number of amides is 3. The molecule has 0 saturated carbocycles. The maximum Gasteiger partial charge on any atom is 0.325 e. The van der Waals surface area contributed by atoms with E-state index in [0.717, 1.165) is 0 Å². The molecule has 0 bridgehead atoms. The number of para-hydroxylation sites is 1. The highest BCUT2D eigenvalue weighted by molar-refractivity contribution is 7.89. The first kappa shape index (κ1) is 21.0. The van der Waals surface area contributed by atoms with Crippen LogP contribution in [0.1, 0.15) is 12.8 Å². The lowest BCUT2D eigenvalue weighted by Crippen LogP contribution is -2.48. The van der Waals surface area contributed by atoms with Crippen LogP contribution >= 0.6 is 0 Å². The number of carbonyl (C=O) groups is 2. The molecule has 3 rings (SSSR count). The van der Waals surface area contributed by atoms with Gasteiger partial charge in [-0.1, -0.05) is 36.4 Å². The van der Waals surface area contributed by atoms with Gasteiger partial charge in [-0.25, -0.2) is 17.9 Å². The van der Waals surface area contributed by atoms with E-state index in [9.17, 15) is 18.0 Å². The van der Waals surface area contributed by atoms with E-state index in [-0.39, 0.29) is 17.5 Å². The number of hydrogen-bond acceptors (Lipinski definition) is 5. The van der Waals surface area contributed by atoms with Crippen LogP contribution in [0.4, 0.5) is 10.5 Å². The number of carbonyl (C=O) groups excluding carboxylic acids is 2. The number of nitrogens with zero attached hydrogens (tertiary/aromatic N) is 1. The number of benzene rings is 2. The summed E-state index contributed by atoms with van der Waals surface area (Å²) < 4.78 is 27.5. The molecule has 154 valence electrons. The van der Waals surface area contributed by atoms with E-state index in [4.69, 9.17) is 0 Å². The van der Waals surface area contributed by atoms with Crippen LogP contribution in [-0.2, 0) is 14.8 Å². The van der Waals surface area contributed by atoms with E-state index in [0.29, 0.717) is 31.6 Å². The number of piperidine rings is 1. The summed E-state index contributed by atoms with van der Waals surface area (Å²) in [7, 11) is -3.55. The minimum absolute atomic E-state index is 0.0837. The third kappa shape index (κ3) is 6.38. The highest BCUT2D eigenvalue weighted by Gasteiger charge is 2.25. The van der Waals surface area contributed by atoms with Crippen molar-refractivity contribution in [1.29, 1.82) is 0 Å². The minimum Gasteiger partial charge on any atom is -0.308 e. The molecule has 1 aliphatic rings. The Morgan fingerprint density at radius 2 is 1.52 bits per heavy atom. The summed E-state index contributed by atoms with van der Waals surface area (Å²) in [5.74, 6) is -0.401. The molecular weight excluding hydrogens is 392 g/mol. The molecule has 2 aromatic rings. The van der Waals surface area contributed by atoms with Crippen molar-refractivity contribution in [3.05, 3.63) is 60.7 Å².